The molecule has 7 heteroatoms. The van der Waals surface area contributed by atoms with Crippen LogP contribution in [-0.2, 0) is 9.59 Å². The van der Waals surface area contributed by atoms with E-state index in [4.69, 9.17) is 5.11 Å². The standard InChI is InChI=1S/C14H22F3NO3/c1-2-9(7-12(19)20)8-18-13(21)10-5-3-4-6-11(10)14(15,16)17/h9-11H,2-8H2,1H3,(H,18,21)(H,19,20). The molecule has 1 rings (SSSR count). The molecule has 3 unspecified atom stereocenters. The van der Waals surface area contributed by atoms with Crippen molar-refractivity contribution in [1.29, 1.82) is 0 Å². The maximum absolute atomic E-state index is 12.9. The Morgan fingerprint density at radius 3 is 2.43 bits per heavy atom. The molecule has 0 spiro atoms. The molecule has 0 bridgehead atoms. The molecule has 1 aliphatic rings. The molecule has 0 aliphatic heterocycles. The van der Waals surface area contributed by atoms with E-state index in [-0.39, 0.29) is 31.7 Å². The highest BCUT2D eigenvalue weighted by molar-refractivity contribution is 5.79. The Morgan fingerprint density at radius 2 is 1.90 bits per heavy atom. The fourth-order valence-corrected chi connectivity index (χ4v) is 2.82. The molecule has 122 valence electrons. The number of alkyl halides is 3. The summed E-state index contributed by atoms with van der Waals surface area (Å²) in [6, 6.07) is 0. The Kier molecular flexibility index (Phi) is 6.48. The monoisotopic (exact) mass is 309 g/mol. The zero-order valence-electron chi connectivity index (χ0n) is 12.1. The molecule has 1 aliphatic carbocycles. The average Bonchev–Trinajstić information content (AvgIpc) is 2.41. The Balaban J connectivity index is 2.58. The second kappa shape index (κ2) is 7.66. The van der Waals surface area contributed by atoms with Crippen molar-refractivity contribution in [2.24, 2.45) is 17.8 Å². The summed E-state index contributed by atoms with van der Waals surface area (Å²) in [6.45, 7) is 1.90. The van der Waals surface area contributed by atoms with Crippen LogP contribution in [-0.4, -0.2) is 29.7 Å². The van der Waals surface area contributed by atoms with Gasteiger partial charge in [0.25, 0.3) is 0 Å². The van der Waals surface area contributed by atoms with E-state index in [1.165, 1.54) is 0 Å². The van der Waals surface area contributed by atoms with Crippen LogP contribution in [0.5, 0.6) is 0 Å². The van der Waals surface area contributed by atoms with Gasteiger partial charge < -0.3 is 10.4 Å². The molecule has 21 heavy (non-hydrogen) atoms. The lowest BCUT2D eigenvalue weighted by atomic mass is 9.78. The van der Waals surface area contributed by atoms with Gasteiger partial charge in [0.05, 0.1) is 5.92 Å². The van der Waals surface area contributed by atoms with Crippen molar-refractivity contribution in [2.75, 3.05) is 6.54 Å². The average molecular weight is 309 g/mol. The normalized spacial score (nSPS) is 24.4. The highest BCUT2D eigenvalue weighted by Gasteiger charge is 2.47. The third kappa shape index (κ3) is 5.55. The number of amides is 1. The van der Waals surface area contributed by atoms with Crippen LogP contribution in [0.4, 0.5) is 13.2 Å². The summed E-state index contributed by atoms with van der Waals surface area (Å²) < 4.78 is 38.8. The second-order valence-electron chi connectivity index (χ2n) is 5.66. The van der Waals surface area contributed by atoms with Gasteiger partial charge in [-0.15, -0.1) is 0 Å². The largest absolute Gasteiger partial charge is 0.481 e. The van der Waals surface area contributed by atoms with Crippen LogP contribution in [0.25, 0.3) is 0 Å². The van der Waals surface area contributed by atoms with Crippen molar-refractivity contribution in [3.8, 4) is 0 Å². The molecule has 0 aromatic carbocycles. The minimum Gasteiger partial charge on any atom is -0.481 e. The third-order valence-electron chi connectivity index (χ3n) is 4.13. The van der Waals surface area contributed by atoms with Crippen molar-refractivity contribution in [1.82, 2.24) is 5.32 Å². The summed E-state index contributed by atoms with van der Waals surface area (Å²) in [7, 11) is 0. The minimum atomic E-state index is -4.35. The minimum absolute atomic E-state index is 0.00603. The number of carbonyl (C=O) groups is 2. The lowest BCUT2D eigenvalue weighted by Gasteiger charge is -2.32. The number of hydrogen-bond donors (Lipinski definition) is 2. The first-order valence-electron chi connectivity index (χ1n) is 7.31. The fourth-order valence-electron chi connectivity index (χ4n) is 2.82. The van der Waals surface area contributed by atoms with Gasteiger partial charge >= 0.3 is 12.1 Å². The number of carboxylic acids is 1. The van der Waals surface area contributed by atoms with E-state index in [9.17, 15) is 22.8 Å². The quantitative estimate of drug-likeness (QED) is 0.792. The number of rotatable bonds is 6. The van der Waals surface area contributed by atoms with E-state index in [0.29, 0.717) is 19.3 Å². The van der Waals surface area contributed by atoms with E-state index in [0.717, 1.165) is 0 Å². The Bertz CT molecular complexity index is 371. The van der Waals surface area contributed by atoms with Gasteiger partial charge in [-0.1, -0.05) is 26.2 Å². The van der Waals surface area contributed by atoms with Gasteiger partial charge in [-0.3, -0.25) is 9.59 Å². The van der Waals surface area contributed by atoms with E-state index in [1.54, 1.807) is 6.92 Å². The summed E-state index contributed by atoms with van der Waals surface area (Å²) in [6.07, 6.45) is -2.54. The predicted octanol–water partition coefficient (Wildman–Crippen LogP) is 2.97. The van der Waals surface area contributed by atoms with Crippen LogP contribution >= 0.6 is 0 Å². The van der Waals surface area contributed by atoms with Gasteiger partial charge in [-0.2, -0.15) is 13.2 Å². The number of aliphatic carboxylic acids is 1. The van der Waals surface area contributed by atoms with Crippen LogP contribution in [0, 0.1) is 17.8 Å². The summed E-state index contributed by atoms with van der Waals surface area (Å²) in [5.74, 6) is -4.44. The maximum atomic E-state index is 12.9. The van der Waals surface area contributed by atoms with Gasteiger partial charge in [0.1, 0.15) is 0 Å². The number of nitrogens with one attached hydrogen (secondary N) is 1. The maximum Gasteiger partial charge on any atom is 0.392 e. The molecular weight excluding hydrogens is 287 g/mol. The van der Waals surface area contributed by atoms with Crippen molar-refractivity contribution in [3.05, 3.63) is 0 Å². The van der Waals surface area contributed by atoms with Crippen molar-refractivity contribution < 1.29 is 27.9 Å². The fraction of sp³-hybridized carbons (Fsp3) is 0.857. The van der Waals surface area contributed by atoms with Crippen molar-refractivity contribution >= 4 is 11.9 Å². The molecule has 0 aromatic rings. The molecule has 0 saturated heterocycles. The smallest absolute Gasteiger partial charge is 0.392 e. The summed E-state index contributed by atoms with van der Waals surface area (Å²) >= 11 is 0. The third-order valence-corrected chi connectivity index (χ3v) is 4.13. The molecule has 0 radical (unpaired) electrons. The van der Waals surface area contributed by atoms with E-state index >= 15 is 0 Å². The first-order valence-corrected chi connectivity index (χ1v) is 7.31. The van der Waals surface area contributed by atoms with E-state index < -0.39 is 29.9 Å². The van der Waals surface area contributed by atoms with Crippen LogP contribution in [0.15, 0.2) is 0 Å². The van der Waals surface area contributed by atoms with Gasteiger partial charge in [-0.25, -0.2) is 0 Å². The number of hydrogen-bond acceptors (Lipinski definition) is 2. The highest BCUT2D eigenvalue weighted by Crippen LogP contribution is 2.41. The topological polar surface area (TPSA) is 66.4 Å². The van der Waals surface area contributed by atoms with Crippen LogP contribution in [0.2, 0.25) is 0 Å². The SMILES string of the molecule is CCC(CNC(=O)C1CCCCC1C(F)(F)F)CC(=O)O. The highest BCUT2D eigenvalue weighted by atomic mass is 19.4. The number of carboxylic acid groups (broad SMARTS) is 1. The molecule has 4 nitrogen and oxygen atoms in total. The predicted molar refractivity (Wildman–Crippen MR) is 70.5 cm³/mol. The molecule has 1 saturated carbocycles. The van der Waals surface area contributed by atoms with E-state index in [1.807, 2.05) is 0 Å². The molecular formula is C14H22F3NO3. The zero-order chi connectivity index (χ0) is 16.0. The van der Waals surface area contributed by atoms with Crippen LogP contribution in [0.1, 0.15) is 45.4 Å². The van der Waals surface area contributed by atoms with Crippen LogP contribution in [0.3, 0.4) is 0 Å². The molecule has 1 fully saturated rings. The first kappa shape index (κ1) is 17.8. The number of halogens is 3. The summed E-state index contributed by atoms with van der Waals surface area (Å²) in [4.78, 5) is 22.6. The second-order valence-corrected chi connectivity index (χ2v) is 5.66. The molecule has 3 atom stereocenters. The van der Waals surface area contributed by atoms with Crippen LogP contribution < -0.4 is 5.32 Å². The zero-order valence-corrected chi connectivity index (χ0v) is 12.1. The lowest BCUT2D eigenvalue weighted by Crippen LogP contribution is -2.43. The lowest BCUT2D eigenvalue weighted by molar-refractivity contribution is -0.198. The summed E-state index contributed by atoms with van der Waals surface area (Å²) in [5, 5.41) is 11.2. The molecule has 0 heterocycles. The molecule has 1 amide bonds. The summed E-state index contributed by atoms with van der Waals surface area (Å²) in [5.41, 5.74) is 0. The van der Waals surface area contributed by atoms with Gasteiger partial charge in [0.15, 0.2) is 0 Å². The Morgan fingerprint density at radius 1 is 1.29 bits per heavy atom. The van der Waals surface area contributed by atoms with Gasteiger partial charge in [0.2, 0.25) is 5.91 Å². The Labute approximate surface area is 122 Å². The number of carbonyl (C=O) groups excluding carboxylic acids is 1. The van der Waals surface area contributed by atoms with Gasteiger partial charge in [0, 0.05) is 18.9 Å². The molecule has 0 aromatic heterocycles. The van der Waals surface area contributed by atoms with Gasteiger partial charge in [-0.05, 0) is 18.8 Å². The molecule has 2 N–H and O–H groups in total. The Hall–Kier alpha value is -1.27. The first-order chi connectivity index (χ1) is 9.75. The van der Waals surface area contributed by atoms with Crippen molar-refractivity contribution in [2.45, 2.75) is 51.6 Å². The van der Waals surface area contributed by atoms with Crippen molar-refractivity contribution in [3.63, 3.8) is 0 Å². The van der Waals surface area contributed by atoms with E-state index in [2.05, 4.69) is 5.32 Å².